The summed E-state index contributed by atoms with van der Waals surface area (Å²) in [5, 5.41) is 0.510. The standard InChI is InChI=1S/C10H5FN2O/c11-8-3-1-2-7-9(13-6-14)4-5-12-10(7)8/h1-5H. The van der Waals surface area contributed by atoms with E-state index in [9.17, 15) is 9.18 Å². The molecular formula is C10H5FN2O. The summed E-state index contributed by atoms with van der Waals surface area (Å²) >= 11 is 0. The zero-order valence-corrected chi connectivity index (χ0v) is 7.07. The minimum atomic E-state index is -0.426. The molecule has 0 bridgehead atoms. The van der Waals surface area contributed by atoms with Crippen LogP contribution in [0.1, 0.15) is 0 Å². The molecule has 0 N–H and O–H groups in total. The molecule has 1 aromatic carbocycles. The molecule has 0 amide bonds. The zero-order chi connectivity index (χ0) is 9.97. The molecule has 2 rings (SSSR count). The maximum atomic E-state index is 13.2. The molecule has 1 aromatic heterocycles. The molecule has 3 nitrogen and oxygen atoms in total. The third-order valence-electron chi connectivity index (χ3n) is 1.86. The van der Waals surface area contributed by atoms with Gasteiger partial charge in [0.2, 0.25) is 6.08 Å². The van der Waals surface area contributed by atoms with Crippen molar-refractivity contribution >= 4 is 22.7 Å². The molecule has 0 saturated carbocycles. The Bertz CT molecular complexity index is 533. The number of isocyanates is 1. The highest BCUT2D eigenvalue weighted by Crippen LogP contribution is 2.24. The van der Waals surface area contributed by atoms with Gasteiger partial charge in [0, 0.05) is 11.6 Å². The van der Waals surface area contributed by atoms with E-state index < -0.39 is 5.82 Å². The van der Waals surface area contributed by atoms with Gasteiger partial charge >= 0.3 is 0 Å². The molecule has 0 fully saturated rings. The van der Waals surface area contributed by atoms with Crippen molar-refractivity contribution in [3.8, 4) is 0 Å². The van der Waals surface area contributed by atoms with E-state index in [1.165, 1.54) is 24.4 Å². The van der Waals surface area contributed by atoms with E-state index in [-0.39, 0.29) is 5.52 Å². The van der Waals surface area contributed by atoms with Crippen LogP contribution in [-0.2, 0) is 4.79 Å². The summed E-state index contributed by atoms with van der Waals surface area (Å²) in [4.78, 5) is 17.4. The maximum absolute atomic E-state index is 13.2. The topological polar surface area (TPSA) is 42.3 Å². The second kappa shape index (κ2) is 3.36. The lowest BCUT2D eigenvalue weighted by Gasteiger charge is -1.99. The van der Waals surface area contributed by atoms with Crippen LogP contribution in [0.25, 0.3) is 10.9 Å². The minimum absolute atomic E-state index is 0.212. The number of benzene rings is 1. The Morgan fingerprint density at radius 1 is 1.36 bits per heavy atom. The molecule has 4 heteroatoms. The van der Waals surface area contributed by atoms with Crippen LogP contribution in [0.5, 0.6) is 0 Å². The summed E-state index contributed by atoms with van der Waals surface area (Å²) in [5.74, 6) is -0.426. The number of aromatic nitrogens is 1. The van der Waals surface area contributed by atoms with Crippen LogP contribution in [0.15, 0.2) is 35.5 Å². The largest absolute Gasteiger partial charge is 0.253 e. The lowest BCUT2D eigenvalue weighted by Crippen LogP contribution is -1.83. The normalized spacial score (nSPS) is 9.79. The van der Waals surface area contributed by atoms with Crippen LogP contribution >= 0.6 is 0 Å². The summed E-state index contributed by atoms with van der Waals surface area (Å²) in [7, 11) is 0. The number of carbonyl (C=O) groups excluding carboxylic acids is 1. The van der Waals surface area contributed by atoms with Crippen molar-refractivity contribution < 1.29 is 9.18 Å². The van der Waals surface area contributed by atoms with Gasteiger partial charge in [0.15, 0.2) is 0 Å². The summed E-state index contributed by atoms with van der Waals surface area (Å²) < 4.78 is 13.2. The van der Waals surface area contributed by atoms with E-state index in [1.54, 1.807) is 12.1 Å². The Kier molecular flexibility index (Phi) is 2.05. The van der Waals surface area contributed by atoms with Crippen molar-refractivity contribution in [3.05, 3.63) is 36.3 Å². The first kappa shape index (κ1) is 8.53. The fourth-order valence-electron chi connectivity index (χ4n) is 1.27. The van der Waals surface area contributed by atoms with Crippen molar-refractivity contribution in [1.82, 2.24) is 4.98 Å². The Balaban J connectivity index is 2.87. The average molecular weight is 188 g/mol. The average Bonchev–Trinajstić information content (AvgIpc) is 2.20. The van der Waals surface area contributed by atoms with Gasteiger partial charge in [-0.1, -0.05) is 12.1 Å². The fraction of sp³-hybridized carbons (Fsp3) is 0. The molecule has 0 spiro atoms. The molecule has 0 aliphatic rings. The van der Waals surface area contributed by atoms with E-state index in [0.717, 1.165) is 0 Å². The molecule has 14 heavy (non-hydrogen) atoms. The van der Waals surface area contributed by atoms with Crippen molar-refractivity contribution in [2.45, 2.75) is 0 Å². The maximum Gasteiger partial charge on any atom is 0.240 e. The monoisotopic (exact) mass is 188 g/mol. The van der Waals surface area contributed by atoms with E-state index >= 15 is 0 Å². The zero-order valence-electron chi connectivity index (χ0n) is 7.07. The lowest BCUT2D eigenvalue weighted by atomic mass is 10.2. The number of hydrogen-bond acceptors (Lipinski definition) is 3. The van der Waals surface area contributed by atoms with Gasteiger partial charge in [-0.25, -0.2) is 9.18 Å². The Hall–Kier alpha value is -2.06. The van der Waals surface area contributed by atoms with Crippen LogP contribution in [-0.4, -0.2) is 11.1 Å². The third kappa shape index (κ3) is 1.28. The predicted octanol–water partition coefficient (Wildman–Crippen LogP) is 2.34. The van der Waals surface area contributed by atoms with E-state index in [1.807, 2.05) is 0 Å². The number of hydrogen-bond donors (Lipinski definition) is 0. The van der Waals surface area contributed by atoms with Crippen molar-refractivity contribution in [2.24, 2.45) is 4.99 Å². The number of aliphatic imine (C=N–C) groups is 1. The van der Waals surface area contributed by atoms with Gasteiger partial charge in [0.05, 0.1) is 5.69 Å². The van der Waals surface area contributed by atoms with Crippen LogP contribution in [0.2, 0.25) is 0 Å². The van der Waals surface area contributed by atoms with Crippen molar-refractivity contribution in [2.75, 3.05) is 0 Å². The SMILES string of the molecule is O=C=Nc1ccnc2c(F)cccc12. The number of fused-ring (bicyclic) bond motifs is 1. The van der Waals surface area contributed by atoms with Gasteiger partial charge in [-0.05, 0) is 12.1 Å². The van der Waals surface area contributed by atoms with Crippen LogP contribution in [0.4, 0.5) is 10.1 Å². The molecule has 0 aliphatic heterocycles. The van der Waals surface area contributed by atoms with Gasteiger partial charge in [0.25, 0.3) is 0 Å². The van der Waals surface area contributed by atoms with Gasteiger partial charge in [0.1, 0.15) is 11.3 Å². The molecule has 0 saturated heterocycles. The quantitative estimate of drug-likeness (QED) is 0.509. The number of halogens is 1. The Morgan fingerprint density at radius 2 is 2.21 bits per heavy atom. The van der Waals surface area contributed by atoms with Gasteiger partial charge < -0.3 is 0 Å². The summed E-state index contributed by atoms with van der Waals surface area (Å²) in [5.41, 5.74) is 0.591. The third-order valence-corrected chi connectivity index (χ3v) is 1.86. The van der Waals surface area contributed by atoms with Gasteiger partial charge in [-0.2, -0.15) is 4.99 Å². The van der Waals surface area contributed by atoms with Crippen LogP contribution in [0, 0.1) is 5.82 Å². The summed E-state index contributed by atoms with van der Waals surface area (Å²) in [6, 6.07) is 6.04. The highest BCUT2D eigenvalue weighted by atomic mass is 19.1. The van der Waals surface area contributed by atoms with Crippen LogP contribution in [0.3, 0.4) is 0 Å². The predicted molar refractivity (Wildman–Crippen MR) is 49.5 cm³/mol. The first-order chi connectivity index (χ1) is 6.83. The molecule has 0 aliphatic carbocycles. The minimum Gasteiger partial charge on any atom is -0.253 e. The van der Waals surface area contributed by atoms with E-state index in [0.29, 0.717) is 11.1 Å². The van der Waals surface area contributed by atoms with Gasteiger partial charge in [-0.15, -0.1) is 0 Å². The van der Waals surface area contributed by atoms with Crippen molar-refractivity contribution in [1.29, 1.82) is 0 Å². The second-order valence-corrected chi connectivity index (χ2v) is 2.67. The smallest absolute Gasteiger partial charge is 0.240 e. The number of para-hydroxylation sites is 1. The summed E-state index contributed by atoms with van der Waals surface area (Å²) in [6.45, 7) is 0. The molecule has 68 valence electrons. The second-order valence-electron chi connectivity index (χ2n) is 2.67. The highest BCUT2D eigenvalue weighted by molar-refractivity contribution is 5.90. The Labute approximate surface area is 78.9 Å². The first-order valence-corrected chi connectivity index (χ1v) is 3.94. The van der Waals surface area contributed by atoms with E-state index in [2.05, 4.69) is 9.98 Å². The molecule has 0 radical (unpaired) electrons. The molecule has 0 unspecified atom stereocenters. The summed E-state index contributed by atoms with van der Waals surface area (Å²) in [6.07, 6.45) is 2.82. The number of nitrogens with zero attached hydrogens (tertiary/aromatic N) is 2. The number of rotatable bonds is 1. The Morgan fingerprint density at radius 3 is 3.00 bits per heavy atom. The fourth-order valence-corrected chi connectivity index (χ4v) is 1.27. The molecule has 0 atom stereocenters. The van der Waals surface area contributed by atoms with E-state index in [4.69, 9.17) is 0 Å². The molecule has 1 heterocycles. The number of pyridine rings is 1. The first-order valence-electron chi connectivity index (χ1n) is 3.94. The molecule has 2 aromatic rings. The highest BCUT2D eigenvalue weighted by Gasteiger charge is 2.04. The van der Waals surface area contributed by atoms with Crippen LogP contribution < -0.4 is 0 Å². The van der Waals surface area contributed by atoms with Crippen molar-refractivity contribution in [3.63, 3.8) is 0 Å². The lowest BCUT2D eigenvalue weighted by molar-refractivity contribution is 0.565. The van der Waals surface area contributed by atoms with Gasteiger partial charge in [-0.3, -0.25) is 4.98 Å². The molecular weight excluding hydrogens is 183 g/mol.